The van der Waals surface area contributed by atoms with Crippen molar-refractivity contribution < 1.29 is 43.9 Å². The minimum absolute atomic E-state index is 0.393. The predicted octanol–water partition coefficient (Wildman–Crippen LogP) is -1.77. The molecule has 1 aromatic heterocycles. The lowest BCUT2D eigenvalue weighted by molar-refractivity contribution is -0.241. The van der Waals surface area contributed by atoms with Crippen LogP contribution in [0.2, 0.25) is 0 Å². The molecule has 0 radical (unpaired) electrons. The molecule has 15 nitrogen and oxygen atoms in total. The maximum absolute atomic E-state index is 13.0. The van der Waals surface area contributed by atoms with Crippen LogP contribution in [0.3, 0.4) is 0 Å². The number of amides is 2. The van der Waals surface area contributed by atoms with Crippen molar-refractivity contribution >= 4 is 17.5 Å². The lowest BCUT2D eigenvalue weighted by atomic mass is 10.0. The molecule has 4 rings (SSSR count). The maximum atomic E-state index is 13.0. The van der Waals surface area contributed by atoms with Crippen molar-refractivity contribution in [1.82, 2.24) is 9.55 Å². The summed E-state index contributed by atoms with van der Waals surface area (Å²) in [5, 5.41) is 34.5. The van der Waals surface area contributed by atoms with Gasteiger partial charge in [-0.05, 0) is 24.1 Å². The van der Waals surface area contributed by atoms with Crippen molar-refractivity contribution in [3.8, 4) is 0 Å². The molecule has 41 heavy (non-hydrogen) atoms. The highest BCUT2D eigenvalue weighted by atomic mass is 16.7. The summed E-state index contributed by atoms with van der Waals surface area (Å²) in [6, 6.07) is 8.16. The molecule has 8 atom stereocenters. The highest BCUT2D eigenvalue weighted by molar-refractivity contribution is 6.02. The van der Waals surface area contributed by atoms with E-state index < -0.39 is 78.0 Å². The first kappa shape index (κ1) is 30.1. The number of hydrogen-bond donors (Lipinski definition) is 6. The van der Waals surface area contributed by atoms with Crippen LogP contribution in [-0.4, -0.2) is 86.7 Å². The number of H-pyrrole nitrogens is 1. The Morgan fingerprint density at radius 2 is 1.90 bits per heavy atom. The zero-order chi connectivity index (χ0) is 29.8. The highest BCUT2D eigenvalue weighted by Crippen LogP contribution is 2.34. The second-order valence-electron chi connectivity index (χ2n) is 9.52. The number of para-hydroxylation sites is 1. The number of carbonyl (C=O) groups is 2. The van der Waals surface area contributed by atoms with Gasteiger partial charge in [-0.3, -0.25) is 23.9 Å². The molecule has 0 spiro atoms. The molecule has 1 aromatic carbocycles. The lowest BCUT2D eigenvalue weighted by Crippen LogP contribution is -2.53. The van der Waals surface area contributed by atoms with E-state index in [0.29, 0.717) is 12.1 Å². The molecule has 7 N–H and O–H groups in total. The van der Waals surface area contributed by atoms with Crippen LogP contribution in [0.15, 0.2) is 58.0 Å². The molecule has 0 bridgehead atoms. The van der Waals surface area contributed by atoms with Crippen LogP contribution in [-0.2, 0) is 35.0 Å². The van der Waals surface area contributed by atoms with Gasteiger partial charge in [-0.1, -0.05) is 31.5 Å². The number of primary amides is 1. The minimum atomic E-state index is -1.78. The molecule has 2 aromatic rings. The van der Waals surface area contributed by atoms with Crippen LogP contribution in [0.1, 0.15) is 25.1 Å². The van der Waals surface area contributed by atoms with Gasteiger partial charge >= 0.3 is 5.69 Å². The fourth-order valence-electron chi connectivity index (χ4n) is 4.70. The summed E-state index contributed by atoms with van der Waals surface area (Å²) in [5.41, 5.74) is 5.38. The van der Waals surface area contributed by atoms with E-state index in [4.69, 9.17) is 24.7 Å². The van der Waals surface area contributed by atoms with E-state index in [0.717, 1.165) is 34.9 Å². The van der Waals surface area contributed by atoms with Crippen LogP contribution in [0.25, 0.3) is 0 Å². The SMILES string of the molecule is CCCc1ccccc1NC(=O)C1=C[C@H](O)[C@H](O)[C@@H](O[C@@H](C(N)=O)[C@H]2O[C@@H](n3ccc(=O)[nH]c3=O)[C@H](O)[C@@H]2OC)O1. The summed E-state index contributed by atoms with van der Waals surface area (Å²) in [6.07, 6.45) is -9.02. The van der Waals surface area contributed by atoms with Gasteiger partial charge in [-0.25, -0.2) is 4.79 Å². The second-order valence-corrected chi connectivity index (χ2v) is 9.52. The number of hydrogen-bond acceptors (Lipinski definition) is 11. The fraction of sp³-hybridized carbons (Fsp3) is 0.462. The van der Waals surface area contributed by atoms with Crippen LogP contribution >= 0.6 is 0 Å². The Morgan fingerprint density at radius 3 is 2.56 bits per heavy atom. The Morgan fingerprint density at radius 1 is 1.17 bits per heavy atom. The number of methoxy groups -OCH3 is 1. The molecule has 1 saturated heterocycles. The normalized spacial score (nSPS) is 28.4. The number of nitrogens with zero attached hydrogens (tertiary/aromatic N) is 1. The largest absolute Gasteiger partial charge is 0.456 e. The van der Waals surface area contributed by atoms with Gasteiger partial charge in [-0.2, -0.15) is 0 Å². The van der Waals surface area contributed by atoms with Gasteiger partial charge in [0.05, 0.1) is 0 Å². The molecule has 15 heteroatoms. The first-order chi connectivity index (χ1) is 19.5. The van der Waals surface area contributed by atoms with Gasteiger partial charge in [0.1, 0.15) is 30.5 Å². The van der Waals surface area contributed by atoms with Crippen molar-refractivity contribution in [1.29, 1.82) is 0 Å². The third-order valence-corrected chi connectivity index (χ3v) is 6.71. The van der Waals surface area contributed by atoms with E-state index in [1.54, 1.807) is 12.1 Å². The average molecular weight is 577 g/mol. The number of aromatic nitrogens is 2. The van der Waals surface area contributed by atoms with E-state index in [-0.39, 0.29) is 0 Å². The van der Waals surface area contributed by atoms with E-state index in [2.05, 4.69) is 5.32 Å². The summed E-state index contributed by atoms with van der Waals surface area (Å²) in [4.78, 5) is 51.3. The summed E-state index contributed by atoms with van der Waals surface area (Å²) in [7, 11) is 1.21. The maximum Gasteiger partial charge on any atom is 0.330 e. The molecule has 0 aliphatic carbocycles. The molecule has 2 aliphatic rings. The Balaban J connectivity index is 1.55. The van der Waals surface area contributed by atoms with Crippen LogP contribution in [0.5, 0.6) is 0 Å². The second kappa shape index (κ2) is 12.8. The molecule has 3 heterocycles. The third-order valence-electron chi connectivity index (χ3n) is 6.71. The van der Waals surface area contributed by atoms with Crippen molar-refractivity contribution in [2.45, 2.75) is 68.9 Å². The number of carbonyl (C=O) groups excluding carboxylic acids is 2. The number of aliphatic hydroxyl groups excluding tert-OH is 3. The molecule has 2 aliphatic heterocycles. The Hall–Kier alpha value is -3.86. The predicted molar refractivity (Wildman–Crippen MR) is 140 cm³/mol. The number of benzene rings is 1. The van der Waals surface area contributed by atoms with Gasteiger partial charge in [0, 0.05) is 25.1 Å². The number of aromatic amines is 1. The van der Waals surface area contributed by atoms with Crippen molar-refractivity contribution in [2.75, 3.05) is 12.4 Å². The van der Waals surface area contributed by atoms with Gasteiger partial charge in [-0.15, -0.1) is 0 Å². The van der Waals surface area contributed by atoms with Gasteiger partial charge in [0.25, 0.3) is 11.5 Å². The number of rotatable bonds is 10. The molecular weight excluding hydrogens is 544 g/mol. The third kappa shape index (κ3) is 6.40. The summed E-state index contributed by atoms with van der Waals surface area (Å²) in [5.74, 6) is -2.27. The monoisotopic (exact) mass is 576 g/mol. The topological polar surface area (TPSA) is 225 Å². The van der Waals surface area contributed by atoms with Gasteiger partial charge in [0.15, 0.2) is 18.1 Å². The van der Waals surface area contributed by atoms with Crippen molar-refractivity contribution in [2.24, 2.45) is 5.73 Å². The number of anilines is 1. The zero-order valence-electron chi connectivity index (χ0n) is 22.2. The smallest absolute Gasteiger partial charge is 0.330 e. The van der Waals surface area contributed by atoms with Crippen LogP contribution < -0.4 is 22.3 Å². The first-order valence-corrected chi connectivity index (χ1v) is 12.8. The summed E-state index contributed by atoms with van der Waals surface area (Å²) in [6.45, 7) is 1.99. The summed E-state index contributed by atoms with van der Waals surface area (Å²) < 4.78 is 23.1. The van der Waals surface area contributed by atoms with Crippen molar-refractivity contribution in [3.63, 3.8) is 0 Å². The first-order valence-electron chi connectivity index (χ1n) is 12.8. The standard InChI is InChI=1S/C26H32N4O11/c1-3-6-12-7-4-5-8-13(12)28-23(36)15-11-14(31)17(33)25(39-15)41-21(22(27)35)20-19(38-2)18(34)24(40-20)30-10-9-16(32)29-26(30)37/h4-5,7-11,14,17-21,24-25,31,33-34H,3,6H2,1-2H3,(H2,27,35)(H,28,36)(H,29,32,37)/t14-,17-,18+,19-,20-,21+,24+,25+/m0/s1. The van der Waals surface area contributed by atoms with E-state index in [9.17, 15) is 34.5 Å². The quantitative estimate of drug-likeness (QED) is 0.186. The van der Waals surface area contributed by atoms with E-state index in [1.165, 1.54) is 7.11 Å². The average Bonchev–Trinajstić information content (AvgIpc) is 3.25. The number of nitrogens with one attached hydrogen (secondary N) is 2. The highest BCUT2D eigenvalue weighted by Gasteiger charge is 2.52. The number of nitrogens with two attached hydrogens (primary N) is 1. The Labute approximate surface area is 233 Å². The molecule has 2 amide bonds. The molecule has 222 valence electrons. The molecular formula is C26H32N4O11. The Kier molecular flexibility index (Phi) is 9.37. The number of aliphatic hydroxyl groups is 3. The molecule has 1 fully saturated rings. The summed E-state index contributed by atoms with van der Waals surface area (Å²) >= 11 is 0. The number of ether oxygens (including phenoxy) is 4. The van der Waals surface area contributed by atoms with Crippen LogP contribution in [0, 0.1) is 0 Å². The lowest BCUT2D eigenvalue weighted by Gasteiger charge is -2.35. The van der Waals surface area contributed by atoms with Crippen LogP contribution in [0.4, 0.5) is 5.69 Å². The van der Waals surface area contributed by atoms with Gasteiger partial charge in [0.2, 0.25) is 12.2 Å². The fourth-order valence-corrected chi connectivity index (χ4v) is 4.70. The minimum Gasteiger partial charge on any atom is -0.456 e. The van der Waals surface area contributed by atoms with E-state index >= 15 is 0 Å². The Bertz CT molecular complexity index is 1410. The van der Waals surface area contributed by atoms with E-state index in [1.807, 2.05) is 24.0 Å². The molecule has 0 saturated carbocycles. The van der Waals surface area contributed by atoms with Crippen molar-refractivity contribution in [3.05, 3.63) is 74.8 Å². The number of aryl methyl sites for hydroxylation is 1. The molecule has 0 unspecified atom stereocenters. The van der Waals surface area contributed by atoms with Gasteiger partial charge < -0.3 is 45.3 Å². The zero-order valence-corrected chi connectivity index (χ0v) is 22.2.